The van der Waals surface area contributed by atoms with E-state index in [9.17, 15) is 0 Å². The SMILES string of the molecule is Clc1ncc(COc2cncc(Br)c2)s1. The van der Waals surface area contributed by atoms with Gasteiger partial charge in [0.25, 0.3) is 0 Å². The third-order valence-electron chi connectivity index (χ3n) is 1.59. The van der Waals surface area contributed by atoms with Crippen LogP contribution in [0, 0.1) is 0 Å². The first-order chi connectivity index (χ1) is 7.24. The zero-order chi connectivity index (χ0) is 10.7. The van der Waals surface area contributed by atoms with Crippen molar-refractivity contribution in [1.82, 2.24) is 9.97 Å². The zero-order valence-corrected chi connectivity index (χ0v) is 10.6. The number of nitrogens with zero attached hydrogens (tertiary/aromatic N) is 2. The number of pyridine rings is 1. The van der Waals surface area contributed by atoms with Crippen molar-refractivity contribution >= 4 is 38.9 Å². The summed E-state index contributed by atoms with van der Waals surface area (Å²) in [5.74, 6) is 0.717. The molecule has 2 rings (SSSR count). The highest BCUT2D eigenvalue weighted by Crippen LogP contribution is 2.21. The largest absolute Gasteiger partial charge is 0.486 e. The Kier molecular flexibility index (Phi) is 3.56. The number of rotatable bonds is 3. The average molecular weight is 306 g/mol. The number of halogens is 2. The Balaban J connectivity index is 1.99. The van der Waals surface area contributed by atoms with Crippen LogP contribution in [0.2, 0.25) is 4.47 Å². The van der Waals surface area contributed by atoms with Crippen molar-refractivity contribution in [2.45, 2.75) is 6.61 Å². The average Bonchev–Trinajstić information content (AvgIpc) is 2.62. The first-order valence-corrected chi connectivity index (χ1v) is 6.06. The summed E-state index contributed by atoms with van der Waals surface area (Å²) in [7, 11) is 0. The number of hydrogen-bond donors (Lipinski definition) is 0. The van der Waals surface area contributed by atoms with Crippen LogP contribution in [0.15, 0.2) is 29.1 Å². The molecule has 0 saturated heterocycles. The third kappa shape index (κ3) is 3.15. The molecule has 2 heterocycles. The van der Waals surface area contributed by atoms with Crippen molar-refractivity contribution in [3.63, 3.8) is 0 Å². The van der Waals surface area contributed by atoms with Crippen LogP contribution in [0.1, 0.15) is 4.88 Å². The summed E-state index contributed by atoms with van der Waals surface area (Å²) in [6.07, 6.45) is 5.07. The van der Waals surface area contributed by atoms with Crippen molar-refractivity contribution in [2.24, 2.45) is 0 Å². The molecule has 0 radical (unpaired) electrons. The molecule has 0 amide bonds. The van der Waals surface area contributed by atoms with E-state index in [1.54, 1.807) is 18.6 Å². The number of aromatic nitrogens is 2. The van der Waals surface area contributed by atoms with Crippen molar-refractivity contribution < 1.29 is 4.74 Å². The smallest absolute Gasteiger partial charge is 0.183 e. The van der Waals surface area contributed by atoms with Gasteiger partial charge in [-0.25, -0.2) is 4.98 Å². The molecule has 0 bridgehead atoms. The number of ether oxygens (including phenoxy) is 1. The minimum absolute atomic E-state index is 0.461. The molecule has 0 saturated carbocycles. The Morgan fingerprint density at radius 1 is 1.40 bits per heavy atom. The maximum absolute atomic E-state index is 5.70. The minimum atomic E-state index is 0.461. The lowest BCUT2D eigenvalue weighted by Gasteiger charge is -2.03. The van der Waals surface area contributed by atoms with Crippen molar-refractivity contribution in [2.75, 3.05) is 0 Å². The van der Waals surface area contributed by atoms with Gasteiger partial charge in [-0.3, -0.25) is 4.98 Å². The lowest BCUT2D eigenvalue weighted by molar-refractivity contribution is 0.308. The molecule has 0 aliphatic rings. The van der Waals surface area contributed by atoms with Gasteiger partial charge in [-0.2, -0.15) is 0 Å². The summed E-state index contributed by atoms with van der Waals surface area (Å²) < 4.78 is 6.93. The monoisotopic (exact) mass is 304 g/mol. The van der Waals surface area contributed by atoms with Crippen LogP contribution in [-0.2, 0) is 6.61 Å². The molecule has 3 nitrogen and oxygen atoms in total. The molecule has 0 atom stereocenters. The van der Waals surface area contributed by atoms with E-state index in [2.05, 4.69) is 25.9 Å². The predicted molar refractivity (Wildman–Crippen MR) is 63.4 cm³/mol. The van der Waals surface area contributed by atoms with Gasteiger partial charge in [0.1, 0.15) is 12.4 Å². The van der Waals surface area contributed by atoms with Crippen molar-refractivity contribution in [3.8, 4) is 5.75 Å². The van der Waals surface area contributed by atoms with E-state index in [0.717, 1.165) is 9.35 Å². The van der Waals surface area contributed by atoms with E-state index in [-0.39, 0.29) is 0 Å². The van der Waals surface area contributed by atoms with Crippen LogP contribution in [0.3, 0.4) is 0 Å². The molecule has 0 unspecified atom stereocenters. The second kappa shape index (κ2) is 4.92. The minimum Gasteiger partial charge on any atom is -0.486 e. The zero-order valence-electron chi connectivity index (χ0n) is 7.48. The molecule has 2 aromatic heterocycles. The highest BCUT2D eigenvalue weighted by molar-refractivity contribution is 9.10. The van der Waals surface area contributed by atoms with Crippen molar-refractivity contribution in [1.29, 1.82) is 0 Å². The summed E-state index contributed by atoms with van der Waals surface area (Å²) in [6.45, 7) is 0.461. The van der Waals surface area contributed by atoms with Crippen LogP contribution < -0.4 is 4.74 Å². The second-order valence-corrected chi connectivity index (χ2v) is 5.32. The molecule has 0 N–H and O–H groups in total. The van der Waals surface area contributed by atoms with Gasteiger partial charge in [-0.15, -0.1) is 11.3 Å². The lowest BCUT2D eigenvalue weighted by Crippen LogP contribution is -1.93. The summed E-state index contributed by atoms with van der Waals surface area (Å²) in [5, 5.41) is 0. The molecule has 78 valence electrons. The molecule has 2 aromatic rings. The van der Waals surface area contributed by atoms with E-state index >= 15 is 0 Å². The second-order valence-electron chi connectivity index (χ2n) is 2.71. The summed E-state index contributed by atoms with van der Waals surface area (Å²) >= 11 is 10.4. The van der Waals surface area contributed by atoms with Gasteiger partial charge in [-0.1, -0.05) is 11.6 Å². The van der Waals surface area contributed by atoms with Gasteiger partial charge in [0.2, 0.25) is 0 Å². The lowest BCUT2D eigenvalue weighted by atomic mass is 10.4. The number of thiazole rings is 1. The van der Waals surface area contributed by atoms with Crippen LogP contribution in [-0.4, -0.2) is 9.97 Å². The van der Waals surface area contributed by atoms with Crippen LogP contribution in [0.25, 0.3) is 0 Å². The fourth-order valence-corrected chi connectivity index (χ4v) is 2.21. The maximum Gasteiger partial charge on any atom is 0.183 e. The molecular weight excluding hydrogens is 300 g/mol. The normalized spacial score (nSPS) is 10.3. The van der Waals surface area contributed by atoms with Gasteiger partial charge in [0.15, 0.2) is 4.47 Å². The highest BCUT2D eigenvalue weighted by atomic mass is 79.9. The van der Waals surface area contributed by atoms with E-state index in [1.807, 2.05) is 6.07 Å². The summed E-state index contributed by atoms with van der Waals surface area (Å²) in [4.78, 5) is 8.90. The molecule has 6 heteroatoms. The third-order valence-corrected chi connectivity index (χ3v) is 3.11. The molecule has 0 fully saturated rings. The molecule has 0 spiro atoms. The Morgan fingerprint density at radius 2 is 2.27 bits per heavy atom. The fraction of sp³-hybridized carbons (Fsp3) is 0.111. The summed E-state index contributed by atoms with van der Waals surface area (Å²) in [6, 6.07) is 1.86. The molecule has 0 aliphatic carbocycles. The Bertz CT molecular complexity index is 463. The van der Waals surface area contributed by atoms with Crippen molar-refractivity contribution in [3.05, 3.63) is 38.5 Å². The molecule has 0 aromatic carbocycles. The Morgan fingerprint density at radius 3 is 2.93 bits per heavy atom. The van der Waals surface area contributed by atoms with Gasteiger partial charge in [0.05, 0.1) is 11.1 Å². The summed E-state index contributed by atoms with van der Waals surface area (Å²) in [5.41, 5.74) is 0. The predicted octanol–water partition coefficient (Wildman–Crippen LogP) is 3.53. The molecule has 15 heavy (non-hydrogen) atoms. The van der Waals surface area contributed by atoms with Gasteiger partial charge in [-0.05, 0) is 22.0 Å². The Hall–Kier alpha value is -0.650. The van der Waals surface area contributed by atoms with Crippen LogP contribution in [0.5, 0.6) is 5.75 Å². The maximum atomic E-state index is 5.70. The quantitative estimate of drug-likeness (QED) is 0.870. The topological polar surface area (TPSA) is 35.0 Å². The first kappa shape index (κ1) is 10.9. The van der Waals surface area contributed by atoms with Gasteiger partial charge >= 0.3 is 0 Å². The fourth-order valence-electron chi connectivity index (χ4n) is 0.976. The highest BCUT2D eigenvalue weighted by Gasteiger charge is 2.01. The van der Waals surface area contributed by atoms with E-state index in [4.69, 9.17) is 16.3 Å². The van der Waals surface area contributed by atoms with E-state index in [0.29, 0.717) is 16.8 Å². The van der Waals surface area contributed by atoms with Crippen LogP contribution in [0.4, 0.5) is 0 Å². The molecule has 0 aliphatic heterocycles. The Labute approximate surface area is 104 Å². The standard InChI is InChI=1S/C9H6BrClN2OS/c10-6-1-7(3-12-2-6)14-5-8-4-13-9(11)15-8/h1-4H,5H2. The van der Waals surface area contributed by atoms with Gasteiger partial charge in [0, 0.05) is 16.9 Å². The van der Waals surface area contributed by atoms with E-state index < -0.39 is 0 Å². The first-order valence-electron chi connectivity index (χ1n) is 4.07. The van der Waals surface area contributed by atoms with Crippen LogP contribution >= 0.6 is 38.9 Å². The number of hydrogen-bond acceptors (Lipinski definition) is 4. The molecular formula is C9H6BrClN2OS. The van der Waals surface area contributed by atoms with E-state index in [1.165, 1.54) is 11.3 Å². The van der Waals surface area contributed by atoms with Gasteiger partial charge < -0.3 is 4.74 Å².